The van der Waals surface area contributed by atoms with E-state index < -0.39 is 12.1 Å². The molecule has 5 heteroatoms. The van der Waals surface area contributed by atoms with Gasteiger partial charge >= 0.3 is 5.97 Å². The number of carbonyl (C=O) groups excluding carboxylic acids is 1. The van der Waals surface area contributed by atoms with Crippen molar-refractivity contribution in [2.75, 3.05) is 13.1 Å². The third-order valence-corrected chi connectivity index (χ3v) is 5.57. The van der Waals surface area contributed by atoms with Crippen LogP contribution in [0.25, 0.3) is 0 Å². The molecule has 1 amide bonds. The van der Waals surface area contributed by atoms with Crippen molar-refractivity contribution in [3.05, 3.63) is 35.9 Å². The molecule has 1 aliphatic heterocycles. The largest absolute Gasteiger partial charge is 0.481 e. The fraction of sp³-hybridized carbons (Fsp3) is 0.579. The molecule has 1 unspecified atom stereocenters. The molecule has 24 heavy (non-hydrogen) atoms. The summed E-state index contributed by atoms with van der Waals surface area (Å²) < 4.78 is 0. The van der Waals surface area contributed by atoms with Crippen LogP contribution in [0.1, 0.15) is 43.8 Å². The smallest absolute Gasteiger partial charge is 0.306 e. The van der Waals surface area contributed by atoms with Gasteiger partial charge in [0.1, 0.15) is 0 Å². The van der Waals surface area contributed by atoms with Crippen molar-refractivity contribution >= 4 is 11.9 Å². The Labute approximate surface area is 142 Å². The zero-order chi connectivity index (χ0) is 17.1. The van der Waals surface area contributed by atoms with Crippen LogP contribution in [0.2, 0.25) is 0 Å². The molecule has 1 heterocycles. The van der Waals surface area contributed by atoms with E-state index in [0.717, 1.165) is 18.4 Å². The molecular weight excluding hydrogens is 306 g/mol. The Hall–Kier alpha value is -1.88. The maximum absolute atomic E-state index is 12.6. The Morgan fingerprint density at radius 2 is 1.62 bits per heavy atom. The van der Waals surface area contributed by atoms with Gasteiger partial charge in [0.25, 0.3) is 0 Å². The normalized spacial score (nSPS) is 26.3. The van der Waals surface area contributed by atoms with E-state index in [4.69, 9.17) is 5.11 Å². The molecule has 1 aliphatic carbocycles. The third-order valence-electron chi connectivity index (χ3n) is 5.57. The van der Waals surface area contributed by atoms with E-state index in [9.17, 15) is 14.7 Å². The lowest BCUT2D eigenvalue weighted by atomic mass is 9.87. The number of rotatable bonds is 4. The summed E-state index contributed by atoms with van der Waals surface area (Å²) in [5, 5.41) is 19.6. The first-order valence-electron chi connectivity index (χ1n) is 8.81. The molecule has 5 nitrogen and oxygen atoms in total. The van der Waals surface area contributed by atoms with Crippen LogP contribution in [0.5, 0.6) is 0 Å². The summed E-state index contributed by atoms with van der Waals surface area (Å²) in [6.07, 6.45) is 2.86. The molecule has 0 bridgehead atoms. The standard InChI is InChI=1S/C19H25NO4/c21-17(13-4-2-1-3-5-13)14-8-10-20(11-9-14)18(22)15-6-7-16(12-15)19(23)24/h1-5,14-17,21H,6-12H2,(H,23,24)/t15-,16+,17?/m1/s1. The SMILES string of the molecule is O=C(O)[C@H]1CC[C@@H](C(=O)N2CCC(C(O)c3ccccc3)CC2)C1. The summed E-state index contributed by atoms with van der Waals surface area (Å²) in [5.74, 6) is -1.01. The van der Waals surface area contributed by atoms with Crippen molar-refractivity contribution in [1.82, 2.24) is 4.90 Å². The predicted octanol–water partition coefficient (Wildman–Crippen LogP) is 2.46. The predicted molar refractivity (Wildman–Crippen MR) is 89.2 cm³/mol. The second kappa shape index (κ2) is 7.34. The Balaban J connectivity index is 1.52. The minimum atomic E-state index is -0.782. The van der Waals surface area contributed by atoms with Gasteiger partial charge in [-0.15, -0.1) is 0 Å². The van der Waals surface area contributed by atoms with Gasteiger partial charge < -0.3 is 15.1 Å². The third kappa shape index (κ3) is 3.61. The number of aliphatic carboxylic acids is 1. The molecule has 0 spiro atoms. The number of nitrogens with zero attached hydrogens (tertiary/aromatic N) is 1. The molecule has 130 valence electrons. The first-order chi connectivity index (χ1) is 11.6. The average Bonchev–Trinajstić information content (AvgIpc) is 3.12. The van der Waals surface area contributed by atoms with Crippen molar-refractivity contribution in [1.29, 1.82) is 0 Å². The molecule has 1 saturated heterocycles. The van der Waals surface area contributed by atoms with E-state index in [-0.39, 0.29) is 23.7 Å². The van der Waals surface area contributed by atoms with Crippen LogP contribution in [0.4, 0.5) is 0 Å². The topological polar surface area (TPSA) is 77.8 Å². The second-order valence-corrected chi connectivity index (χ2v) is 7.06. The number of benzene rings is 1. The molecule has 1 aromatic carbocycles. The van der Waals surface area contributed by atoms with Crippen molar-refractivity contribution in [3.63, 3.8) is 0 Å². The highest BCUT2D eigenvalue weighted by molar-refractivity contribution is 5.81. The molecule has 3 atom stereocenters. The van der Waals surface area contributed by atoms with Crippen molar-refractivity contribution in [2.24, 2.45) is 17.8 Å². The maximum atomic E-state index is 12.6. The van der Waals surface area contributed by atoms with Crippen LogP contribution in [0.15, 0.2) is 30.3 Å². The number of hydrogen-bond acceptors (Lipinski definition) is 3. The summed E-state index contributed by atoms with van der Waals surface area (Å²) in [6.45, 7) is 1.31. The van der Waals surface area contributed by atoms with Crippen molar-refractivity contribution < 1.29 is 19.8 Å². The van der Waals surface area contributed by atoms with Crippen molar-refractivity contribution in [2.45, 2.75) is 38.2 Å². The highest BCUT2D eigenvalue weighted by atomic mass is 16.4. The van der Waals surface area contributed by atoms with Gasteiger partial charge in [-0.25, -0.2) is 0 Å². The molecule has 0 radical (unpaired) electrons. The van der Waals surface area contributed by atoms with Crippen LogP contribution in [-0.2, 0) is 9.59 Å². The average molecular weight is 331 g/mol. The Kier molecular flexibility index (Phi) is 5.19. The number of likely N-dealkylation sites (tertiary alicyclic amines) is 1. The number of aliphatic hydroxyl groups is 1. The number of hydrogen-bond donors (Lipinski definition) is 2. The lowest BCUT2D eigenvalue weighted by molar-refractivity contribution is -0.142. The number of carbonyl (C=O) groups is 2. The molecule has 1 aromatic rings. The number of carboxylic acids is 1. The summed E-state index contributed by atoms with van der Waals surface area (Å²) in [4.78, 5) is 25.5. The fourth-order valence-corrected chi connectivity index (χ4v) is 4.05. The highest BCUT2D eigenvalue weighted by Gasteiger charge is 2.37. The monoisotopic (exact) mass is 331 g/mol. The number of aliphatic hydroxyl groups excluding tert-OH is 1. The number of piperidine rings is 1. The van der Waals surface area contributed by atoms with Crippen LogP contribution in [-0.4, -0.2) is 40.1 Å². The van der Waals surface area contributed by atoms with Crippen LogP contribution < -0.4 is 0 Å². The highest BCUT2D eigenvalue weighted by Crippen LogP contribution is 2.35. The first-order valence-corrected chi connectivity index (χ1v) is 8.81. The summed E-state index contributed by atoms with van der Waals surface area (Å²) in [7, 11) is 0. The van der Waals surface area contributed by atoms with E-state index in [1.165, 1.54) is 0 Å². The molecule has 3 rings (SSSR count). The van der Waals surface area contributed by atoms with Crippen molar-refractivity contribution in [3.8, 4) is 0 Å². The second-order valence-electron chi connectivity index (χ2n) is 7.06. The number of carboxylic acid groups (broad SMARTS) is 1. The van der Waals surface area contributed by atoms with E-state index in [0.29, 0.717) is 32.4 Å². The molecule has 2 N–H and O–H groups in total. The lowest BCUT2D eigenvalue weighted by Crippen LogP contribution is -2.42. The summed E-state index contributed by atoms with van der Waals surface area (Å²) in [6, 6.07) is 9.66. The lowest BCUT2D eigenvalue weighted by Gasteiger charge is -2.35. The summed E-state index contributed by atoms with van der Waals surface area (Å²) >= 11 is 0. The van der Waals surface area contributed by atoms with Crippen LogP contribution in [0, 0.1) is 17.8 Å². The zero-order valence-corrected chi connectivity index (χ0v) is 13.8. The van der Waals surface area contributed by atoms with Crippen LogP contribution >= 0.6 is 0 Å². The molecule has 2 aliphatic rings. The summed E-state index contributed by atoms with van der Waals surface area (Å²) in [5.41, 5.74) is 0.933. The molecule has 2 fully saturated rings. The van der Waals surface area contributed by atoms with Gasteiger partial charge in [-0.05, 0) is 43.6 Å². The molecular formula is C19H25NO4. The van der Waals surface area contributed by atoms with Crippen LogP contribution in [0.3, 0.4) is 0 Å². The quantitative estimate of drug-likeness (QED) is 0.888. The molecule has 0 aromatic heterocycles. The maximum Gasteiger partial charge on any atom is 0.306 e. The van der Waals surface area contributed by atoms with E-state index >= 15 is 0 Å². The number of amides is 1. The van der Waals surface area contributed by atoms with Gasteiger partial charge in [0.15, 0.2) is 0 Å². The Morgan fingerprint density at radius 3 is 2.21 bits per heavy atom. The Morgan fingerprint density at radius 1 is 1.00 bits per heavy atom. The molecule has 1 saturated carbocycles. The van der Waals surface area contributed by atoms with Gasteiger partial charge in [-0.1, -0.05) is 30.3 Å². The minimum Gasteiger partial charge on any atom is -0.481 e. The van der Waals surface area contributed by atoms with E-state index in [1.54, 1.807) is 0 Å². The van der Waals surface area contributed by atoms with Gasteiger partial charge in [0, 0.05) is 19.0 Å². The minimum absolute atomic E-state index is 0.103. The fourth-order valence-electron chi connectivity index (χ4n) is 4.05. The van der Waals surface area contributed by atoms with Gasteiger partial charge in [0.2, 0.25) is 5.91 Å². The van der Waals surface area contributed by atoms with E-state index in [2.05, 4.69) is 0 Å². The Bertz CT molecular complexity index is 580. The first kappa shape index (κ1) is 17.0. The van der Waals surface area contributed by atoms with Gasteiger partial charge in [-0.2, -0.15) is 0 Å². The van der Waals surface area contributed by atoms with Gasteiger partial charge in [-0.3, -0.25) is 9.59 Å². The van der Waals surface area contributed by atoms with E-state index in [1.807, 2.05) is 35.2 Å². The zero-order valence-electron chi connectivity index (χ0n) is 13.8. The van der Waals surface area contributed by atoms with Gasteiger partial charge in [0.05, 0.1) is 12.0 Å².